The number of hydrogen-bond acceptors (Lipinski definition) is 7. The molecule has 0 saturated carbocycles. The average Bonchev–Trinajstić information content (AvgIpc) is 2.67. The third kappa shape index (κ3) is 7.00. The molecule has 3 N–H and O–H groups in total. The van der Waals surface area contributed by atoms with Crippen LogP contribution < -0.4 is 16.0 Å². The van der Waals surface area contributed by atoms with Crippen LogP contribution in [-0.4, -0.2) is 35.5 Å². The van der Waals surface area contributed by atoms with Gasteiger partial charge in [0.25, 0.3) is 11.4 Å². The van der Waals surface area contributed by atoms with E-state index in [4.69, 9.17) is 0 Å². The van der Waals surface area contributed by atoms with Gasteiger partial charge in [0, 0.05) is 53.8 Å². The van der Waals surface area contributed by atoms with Crippen LogP contribution in [-0.2, 0) is 0 Å². The fraction of sp³-hybridized carbons (Fsp3) is 0.429. The lowest BCUT2D eigenvalue weighted by molar-refractivity contribution is -0.385. The lowest BCUT2D eigenvalue weighted by Gasteiger charge is -2.15. The zero-order valence-electron chi connectivity index (χ0n) is 17.6. The highest BCUT2D eigenvalue weighted by molar-refractivity contribution is 5.54. The smallest absolute Gasteiger partial charge is 0.272 e. The normalized spacial score (nSPS) is 11.7. The number of hydrogen-bond donors (Lipinski definition) is 3. The fourth-order valence-electron chi connectivity index (χ4n) is 3.15. The third-order valence-electron chi connectivity index (χ3n) is 4.87. The minimum Gasteiger partial charge on any atom is -0.385 e. The van der Waals surface area contributed by atoms with Gasteiger partial charge in [0.2, 0.25) is 0 Å². The summed E-state index contributed by atoms with van der Waals surface area (Å²) >= 11 is 0. The van der Waals surface area contributed by atoms with Crippen LogP contribution in [0.3, 0.4) is 0 Å². The Kier molecular flexibility index (Phi) is 8.54. The molecule has 162 valence electrons. The number of aryl methyl sites for hydroxylation is 2. The summed E-state index contributed by atoms with van der Waals surface area (Å²) in [4.78, 5) is 21.0. The molecule has 0 spiro atoms. The van der Waals surface area contributed by atoms with E-state index in [2.05, 4.69) is 22.9 Å². The molecule has 0 heterocycles. The lowest BCUT2D eigenvalue weighted by atomic mass is 10.1. The van der Waals surface area contributed by atoms with Gasteiger partial charge in [-0.25, -0.2) is 0 Å². The Labute approximate surface area is 176 Å². The van der Waals surface area contributed by atoms with E-state index in [9.17, 15) is 20.2 Å². The predicted octanol–water partition coefficient (Wildman–Crippen LogP) is 4.40. The Morgan fingerprint density at radius 2 is 1.33 bits per heavy atom. The van der Waals surface area contributed by atoms with E-state index in [0.29, 0.717) is 17.2 Å². The zero-order valence-corrected chi connectivity index (χ0v) is 17.6. The number of anilines is 2. The second-order valence-electron chi connectivity index (χ2n) is 7.37. The van der Waals surface area contributed by atoms with Crippen molar-refractivity contribution in [3.05, 3.63) is 67.8 Å². The number of nitro groups is 2. The average molecular weight is 415 g/mol. The second-order valence-corrected chi connectivity index (χ2v) is 7.37. The van der Waals surface area contributed by atoms with E-state index >= 15 is 0 Å². The number of rotatable bonds is 12. The van der Waals surface area contributed by atoms with E-state index in [-0.39, 0.29) is 21.2 Å². The summed E-state index contributed by atoms with van der Waals surface area (Å²) < 4.78 is 0. The molecule has 1 unspecified atom stereocenters. The lowest BCUT2D eigenvalue weighted by Crippen LogP contribution is -2.30. The quantitative estimate of drug-likeness (QED) is 0.267. The molecule has 9 heteroatoms. The number of benzene rings is 2. The van der Waals surface area contributed by atoms with E-state index in [1.54, 1.807) is 38.1 Å². The van der Waals surface area contributed by atoms with Gasteiger partial charge in [0.15, 0.2) is 0 Å². The number of nitro benzene ring substituents is 2. The molecule has 2 aromatic rings. The molecule has 2 aromatic carbocycles. The molecule has 0 amide bonds. The molecule has 2 rings (SSSR count). The van der Waals surface area contributed by atoms with Crippen molar-refractivity contribution in [2.75, 3.05) is 30.3 Å². The minimum absolute atomic E-state index is 0.132. The van der Waals surface area contributed by atoms with Gasteiger partial charge in [0.1, 0.15) is 0 Å². The maximum absolute atomic E-state index is 10.9. The Bertz CT molecular complexity index is 888. The molecule has 1 atom stereocenters. The molecule has 0 bridgehead atoms. The molecule has 30 heavy (non-hydrogen) atoms. The topological polar surface area (TPSA) is 122 Å². The first-order chi connectivity index (χ1) is 14.3. The third-order valence-corrected chi connectivity index (χ3v) is 4.87. The minimum atomic E-state index is -0.373. The Morgan fingerprint density at radius 3 is 1.80 bits per heavy atom. The first-order valence-electron chi connectivity index (χ1n) is 9.99. The van der Waals surface area contributed by atoms with Crippen LogP contribution in [0, 0.1) is 34.1 Å². The van der Waals surface area contributed by atoms with Crippen LogP contribution in [0.1, 0.15) is 30.9 Å². The highest BCUT2D eigenvalue weighted by atomic mass is 16.6. The molecule has 0 saturated heterocycles. The largest absolute Gasteiger partial charge is 0.385 e. The van der Waals surface area contributed by atoms with Gasteiger partial charge < -0.3 is 16.0 Å². The van der Waals surface area contributed by atoms with Gasteiger partial charge in [0.05, 0.1) is 9.85 Å². The highest BCUT2D eigenvalue weighted by Gasteiger charge is 2.11. The predicted molar refractivity (Wildman–Crippen MR) is 119 cm³/mol. The van der Waals surface area contributed by atoms with Crippen molar-refractivity contribution < 1.29 is 9.85 Å². The highest BCUT2D eigenvalue weighted by Crippen LogP contribution is 2.22. The first-order valence-corrected chi connectivity index (χ1v) is 9.99. The van der Waals surface area contributed by atoms with E-state index in [1.165, 1.54) is 12.1 Å². The summed E-state index contributed by atoms with van der Waals surface area (Å²) in [6.07, 6.45) is 1.85. The Hall–Kier alpha value is -3.20. The van der Waals surface area contributed by atoms with Crippen molar-refractivity contribution >= 4 is 22.7 Å². The maximum Gasteiger partial charge on any atom is 0.272 e. The van der Waals surface area contributed by atoms with Crippen LogP contribution >= 0.6 is 0 Å². The van der Waals surface area contributed by atoms with Crippen molar-refractivity contribution in [1.82, 2.24) is 5.32 Å². The van der Waals surface area contributed by atoms with Gasteiger partial charge in [-0.05, 0) is 64.4 Å². The van der Waals surface area contributed by atoms with Crippen LogP contribution in [0.25, 0.3) is 0 Å². The van der Waals surface area contributed by atoms with Gasteiger partial charge in [-0.2, -0.15) is 0 Å². The molecule has 0 aliphatic rings. The van der Waals surface area contributed by atoms with Crippen molar-refractivity contribution in [2.24, 2.45) is 0 Å². The summed E-state index contributed by atoms with van der Waals surface area (Å²) in [6.45, 7) is 7.99. The van der Waals surface area contributed by atoms with Gasteiger partial charge in [-0.3, -0.25) is 20.2 Å². The van der Waals surface area contributed by atoms with E-state index in [1.807, 2.05) is 0 Å². The van der Waals surface area contributed by atoms with Gasteiger partial charge in [-0.15, -0.1) is 0 Å². The van der Waals surface area contributed by atoms with Crippen molar-refractivity contribution in [3.63, 3.8) is 0 Å². The number of nitrogens with one attached hydrogen (secondary N) is 3. The van der Waals surface area contributed by atoms with E-state index in [0.717, 1.165) is 43.9 Å². The standard InChI is InChI=1S/C21H29N5O4/c1-15-13-18(5-7-20(15)25(27)28)23-11-4-10-22-17(3)9-12-24-19-6-8-21(26(29)30)16(2)14-19/h5-8,13-14,17,22-24H,4,9-12H2,1-3H3. The van der Waals surface area contributed by atoms with Crippen LogP contribution in [0.5, 0.6) is 0 Å². The van der Waals surface area contributed by atoms with Crippen LogP contribution in [0.4, 0.5) is 22.7 Å². The van der Waals surface area contributed by atoms with Crippen molar-refractivity contribution in [1.29, 1.82) is 0 Å². The summed E-state index contributed by atoms with van der Waals surface area (Å²) in [7, 11) is 0. The fourth-order valence-corrected chi connectivity index (χ4v) is 3.15. The first kappa shape index (κ1) is 23.1. The van der Waals surface area contributed by atoms with Crippen LogP contribution in [0.2, 0.25) is 0 Å². The Balaban J connectivity index is 1.62. The molecule has 0 radical (unpaired) electrons. The van der Waals surface area contributed by atoms with Gasteiger partial charge in [-0.1, -0.05) is 0 Å². The molecular weight excluding hydrogens is 386 g/mol. The molecular formula is C21H29N5O4. The van der Waals surface area contributed by atoms with Gasteiger partial charge >= 0.3 is 0 Å². The van der Waals surface area contributed by atoms with E-state index < -0.39 is 0 Å². The summed E-state index contributed by atoms with van der Waals surface area (Å²) in [6, 6.07) is 10.4. The maximum atomic E-state index is 10.9. The summed E-state index contributed by atoms with van der Waals surface area (Å²) in [5.41, 5.74) is 3.32. The van der Waals surface area contributed by atoms with Crippen molar-refractivity contribution in [3.8, 4) is 0 Å². The molecule has 0 aliphatic heterocycles. The Morgan fingerprint density at radius 1 is 0.833 bits per heavy atom. The van der Waals surface area contributed by atoms with Crippen molar-refractivity contribution in [2.45, 2.75) is 39.7 Å². The van der Waals surface area contributed by atoms with Crippen LogP contribution in [0.15, 0.2) is 36.4 Å². The second kappa shape index (κ2) is 11.1. The molecule has 0 aliphatic carbocycles. The molecule has 0 fully saturated rings. The monoisotopic (exact) mass is 415 g/mol. The number of nitrogens with zero attached hydrogens (tertiary/aromatic N) is 2. The zero-order chi connectivity index (χ0) is 22.1. The SMILES string of the molecule is Cc1cc(NCCCNC(C)CCNc2ccc([N+](=O)[O-])c(C)c2)ccc1[N+](=O)[O-]. The molecule has 9 nitrogen and oxygen atoms in total. The summed E-state index contributed by atoms with van der Waals surface area (Å²) in [5, 5.41) is 31.8. The molecule has 0 aromatic heterocycles. The summed E-state index contributed by atoms with van der Waals surface area (Å²) in [5.74, 6) is 0.